The maximum Gasteiger partial charge on any atom is 0.312 e. The van der Waals surface area contributed by atoms with Crippen molar-refractivity contribution in [1.82, 2.24) is 10.1 Å². The van der Waals surface area contributed by atoms with Gasteiger partial charge in [-0.15, -0.1) is 0 Å². The number of nitrogens with zero attached hydrogens (tertiary/aromatic N) is 2. The Bertz CT molecular complexity index is 577. The van der Waals surface area contributed by atoms with Crippen LogP contribution in [0.25, 0.3) is 11.4 Å². The molecule has 0 bridgehead atoms. The molecule has 0 aliphatic carbocycles. The molecule has 94 valence electrons. The average molecular weight is 248 g/mol. The van der Waals surface area contributed by atoms with E-state index in [9.17, 15) is 4.79 Å². The Morgan fingerprint density at radius 1 is 1.50 bits per heavy atom. The van der Waals surface area contributed by atoms with Crippen molar-refractivity contribution in [2.24, 2.45) is 0 Å². The summed E-state index contributed by atoms with van der Waals surface area (Å²) in [4.78, 5) is 14.6. The summed E-state index contributed by atoms with van der Waals surface area (Å²) in [5.41, 5.74) is 1.72. The molecule has 2 rings (SSSR count). The highest BCUT2D eigenvalue weighted by Crippen LogP contribution is 2.28. The number of carboxylic acids is 1. The third-order valence-electron chi connectivity index (χ3n) is 2.37. The molecule has 0 unspecified atom stereocenters. The van der Waals surface area contributed by atoms with E-state index in [4.69, 9.17) is 14.4 Å². The minimum absolute atomic E-state index is 0.0696. The molecular formula is C12H12N2O4. The number of aromatic nitrogens is 2. The number of carbonyl (C=O) groups is 1. The van der Waals surface area contributed by atoms with Gasteiger partial charge in [-0.3, -0.25) is 4.79 Å². The first-order valence-electron chi connectivity index (χ1n) is 5.29. The second kappa shape index (κ2) is 4.87. The summed E-state index contributed by atoms with van der Waals surface area (Å²) in [5.74, 6) is 0.00183. The number of methoxy groups -OCH3 is 1. The summed E-state index contributed by atoms with van der Waals surface area (Å²) in [6.07, 6.45) is -0.290. The number of carboxylic acid groups (broad SMARTS) is 1. The molecule has 2 aromatic rings. The molecule has 18 heavy (non-hydrogen) atoms. The SMILES string of the molecule is COc1cc(C)ccc1-c1noc(CC(=O)O)n1. The molecule has 1 aromatic heterocycles. The smallest absolute Gasteiger partial charge is 0.312 e. The Morgan fingerprint density at radius 3 is 2.94 bits per heavy atom. The number of ether oxygens (including phenoxy) is 1. The number of rotatable bonds is 4. The molecule has 0 spiro atoms. The van der Waals surface area contributed by atoms with E-state index < -0.39 is 5.97 Å². The molecular weight excluding hydrogens is 236 g/mol. The Balaban J connectivity index is 2.36. The van der Waals surface area contributed by atoms with Crippen molar-refractivity contribution in [3.05, 3.63) is 29.7 Å². The molecule has 0 saturated carbocycles. The van der Waals surface area contributed by atoms with Gasteiger partial charge in [-0.25, -0.2) is 0 Å². The minimum atomic E-state index is -1.01. The first-order chi connectivity index (χ1) is 8.60. The Labute approximate surface area is 103 Å². The van der Waals surface area contributed by atoms with Crippen LogP contribution in [0.4, 0.5) is 0 Å². The van der Waals surface area contributed by atoms with E-state index in [1.165, 1.54) is 0 Å². The highest BCUT2D eigenvalue weighted by Gasteiger charge is 2.14. The van der Waals surface area contributed by atoms with Crippen molar-refractivity contribution in [2.75, 3.05) is 7.11 Å². The first kappa shape index (κ1) is 12.1. The van der Waals surface area contributed by atoms with Crippen molar-refractivity contribution in [3.8, 4) is 17.1 Å². The number of benzene rings is 1. The van der Waals surface area contributed by atoms with Gasteiger partial charge in [0.15, 0.2) is 0 Å². The number of aryl methyl sites for hydroxylation is 1. The van der Waals surface area contributed by atoms with E-state index in [2.05, 4.69) is 10.1 Å². The van der Waals surface area contributed by atoms with Gasteiger partial charge in [0.25, 0.3) is 0 Å². The fraction of sp³-hybridized carbons (Fsp3) is 0.250. The van der Waals surface area contributed by atoms with Crippen LogP contribution in [-0.2, 0) is 11.2 Å². The van der Waals surface area contributed by atoms with Gasteiger partial charge in [0.2, 0.25) is 11.7 Å². The average Bonchev–Trinajstić information content (AvgIpc) is 2.76. The maximum atomic E-state index is 10.5. The molecule has 1 aromatic carbocycles. The molecule has 0 aliphatic rings. The third-order valence-corrected chi connectivity index (χ3v) is 2.37. The molecule has 1 heterocycles. The largest absolute Gasteiger partial charge is 0.496 e. The van der Waals surface area contributed by atoms with Crippen LogP contribution in [0.3, 0.4) is 0 Å². The van der Waals surface area contributed by atoms with E-state index in [-0.39, 0.29) is 12.3 Å². The van der Waals surface area contributed by atoms with E-state index in [1.54, 1.807) is 7.11 Å². The van der Waals surface area contributed by atoms with Gasteiger partial charge < -0.3 is 14.4 Å². The van der Waals surface area contributed by atoms with Crippen LogP contribution >= 0.6 is 0 Å². The van der Waals surface area contributed by atoms with Crippen molar-refractivity contribution in [2.45, 2.75) is 13.3 Å². The van der Waals surface area contributed by atoms with E-state index in [0.29, 0.717) is 17.1 Å². The second-order valence-corrected chi connectivity index (χ2v) is 3.79. The van der Waals surface area contributed by atoms with Crippen LogP contribution in [0, 0.1) is 6.92 Å². The summed E-state index contributed by atoms with van der Waals surface area (Å²) >= 11 is 0. The normalized spacial score (nSPS) is 10.3. The standard InChI is InChI=1S/C12H12N2O4/c1-7-3-4-8(9(5-7)17-2)12-13-10(18-14-12)6-11(15)16/h3-5H,6H2,1-2H3,(H,15,16). The van der Waals surface area contributed by atoms with Crippen molar-refractivity contribution >= 4 is 5.97 Å². The summed E-state index contributed by atoms with van der Waals surface area (Å²) in [7, 11) is 1.55. The molecule has 0 radical (unpaired) electrons. The van der Waals surface area contributed by atoms with Gasteiger partial charge in [0, 0.05) is 0 Å². The summed E-state index contributed by atoms with van der Waals surface area (Å²) < 4.78 is 10.1. The highest BCUT2D eigenvalue weighted by atomic mass is 16.5. The van der Waals surface area contributed by atoms with Gasteiger partial charge >= 0.3 is 5.97 Å². The Morgan fingerprint density at radius 2 is 2.28 bits per heavy atom. The predicted octanol–water partition coefficient (Wildman–Crippen LogP) is 1.68. The minimum Gasteiger partial charge on any atom is -0.496 e. The van der Waals surface area contributed by atoms with Crippen molar-refractivity contribution in [3.63, 3.8) is 0 Å². The lowest BCUT2D eigenvalue weighted by Gasteiger charge is -2.05. The zero-order chi connectivity index (χ0) is 13.1. The number of hydrogen-bond acceptors (Lipinski definition) is 5. The molecule has 0 saturated heterocycles. The van der Waals surface area contributed by atoms with Crippen LogP contribution < -0.4 is 4.74 Å². The lowest BCUT2D eigenvalue weighted by Crippen LogP contribution is -2.00. The molecule has 6 nitrogen and oxygen atoms in total. The van der Waals surface area contributed by atoms with E-state index in [0.717, 1.165) is 5.56 Å². The predicted molar refractivity (Wildman–Crippen MR) is 62.4 cm³/mol. The van der Waals surface area contributed by atoms with Crippen LogP contribution in [0.15, 0.2) is 22.7 Å². The number of hydrogen-bond donors (Lipinski definition) is 1. The third kappa shape index (κ3) is 2.48. The molecule has 0 amide bonds. The second-order valence-electron chi connectivity index (χ2n) is 3.79. The van der Waals surface area contributed by atoms with Gasteiger partial charge in [0.05, 0.1) is 12.7 Å². The zero-order valence-electron chi connectivity index (χ0n) is 10.0. The summed E-state index contributed by atoms with van der Waals surface area (Å²) in [6.45, 7) is 1.94. The van der Waals surface area contributed by atoms with Crippen LogP contribution in [-0.4, -0.2) is 28.3 Å². The summed E-state index contributed by atoms with van der Waals surface area (Å²) in [6, 6.07) is 5.55. The van der Waals surface area contributed by atoms with Crippen LogP contribution in [0.5, 0.6) is 5.75 Å². The topological polar surface area (TPSA) is 85.5 Å². The van der Waals surface area contributed by atoms with E-state index in [1.807, 2.05) is 25.1 Å². The maximum absolute atomic E-state index is 10.5. The van der Waals surface area contributed by atoms with Gasteiger partial charge in [0.1, 0.15) is 12.2 Å². The molecule has 0 aliphatic heterocycles. The summed E-state index contributed by atoms with van der Waals surface area (Å²) in [5, 5.41) is 12.4. The van der Waals surface area contributed by atoms with Crippen LogP contribution in [0.1, 0.15) is 11.5 Å². The fourth-order valence-electron chi connectivity index (χ4n) is 1.55. The number of aliphatic carboxylic acids is 1. The highest BCUT2D eigenvalue weighted by molar-refractivity contribution is 5.69. The van der Waals surface area contributed by atoms with Crippen molar-refractivity contribution in [1.29, 1.82) is 0 Å². The lowest BCUT2D eigenvalue weighted by molar-refractivity contribution is -0.136. The molecule has 0 atom stereocenters. The molecule has 6 heteroatoms. The molecule has 0 fully saturated rings. The first-order valence-corrected chi connectivity index (χ1v) is 5.29. The van der Waals surface area contributed by atoms with Gasteiger partial charge in [-0.2, -0.15) is 4.98 Å². The van der Waals surface area contributed by atoms with Gasteiger partial charge in [-0.05, 0) is 24.6 Å². The Kier molecular flexibility index (Phi) is 3.27. The Hall–Kier alpha value is -2.37. The van der Waals surface area contributed by atoms with E-state index >= 15 is 0 Å². The molecule has 1 N–H and O–H groups in total. The fourth-order valence-corrected chi connectivity index (χ4v) is 1.55. The van der Waals surface area contributed by atoms with Gasteiger partial charge in [-0.1, -0.05) is 11.2 Å². The monoisotopic (exact) mass is 248 g/mol. The van der Waals surface area contributed by atoms with Crippen molar-refractivity contribution < 1.29 is 19.2 Å². The lowest BCUT2D eigenvalue weighted by atomic mass is 10.1. The zero-order valence-corrected chi connectivity index (χ0v) is 10.0. The van der Waals surface area contributed by atoms with Crippen LogP contribution in [0.2, 0.25) is 0 Å². The quantitative estimate of drug-likeness (QED) is 0.885.